The Morgan fingerprint density at radius 2 is 2.00 bits per heavy atom. The average Bonchev–Trinajstić information content (AvgIpc) is 3.75. The highest BCUT2D eigenvalue weighted by Crippen LogP contribution is 2.50. The van der Waals surface area contributed by atoms with E-state index in [0.29, 0.717) is 23.7 Å². The molecule has 0 bridgehead atoms. The molecule has 34 heavy (non-hydrogen) atoms. The summed E-state index contributed by atoms with van der Waals surface area (Å²) in [6.07, 6.45) is 4.80. The number of fused-ring (bicyclic) bond motifs is 1. The molecule has 1 aromatic carbocycles. The molecule has 1 aromatic heterocycles. The van der Waals surface area contributed by atoms with Crippen LogP contribution < -0.4 is 21.7 Å². The first-order chi connectivity index (χ1) is 16.6. The van der Waals surface area contributed by atoms with Crippen LogP contribution >= 0.6 is 0 Å². The molecule has 2 aliphatic heterocycles. The third kappa shape index (κ3) is 4.00. The smallest absolute Gasteiger partial charge is 0.243 e. The molecule has 9 heteroatoms. The van der Waals surface area contributed by atoms with Gasteiger partial charge in [-0.2, -0.15) is 9.93 Å². The monoisotopic (exact) mass is 462 g/mol. The molecule has 2 aromatic rings. The number of benzene rings is 1. The molecule has 4 N–H and O–H groups in total. The first-order valence-corrected chi connectivity index (χ1v) is 11.8. The van der Waals surface area contributed by atoms with Crippen molar-refractivity contribution in [2.75, 3.05) is 6.54 Å². The summed E-state index contributed by atoms with van der Waals surface area (Å²) < 4.78 is 14.8. The fourth-order valence-corrected chi connectivity index (χ4v) is 5.21. The van der Waals surface area contributed by atoms with Gasteiger partial charge in [0.25, 0.3) is 0 Å². The Morgan fingerprint density at radius 1 is 1.18 bits per heavy atom. The van der Waals surface area contributed by atoms with E-state index in [4.69, 9.17) is 0 Å². The Balaban J connectivity index is 1.24. The Bertz CT molecular complexity index is 1150. The standard InChI is InChI=1S/C25H27FN6O2/c26-24-18(14-6-7-14)8-9-20(28-24)22(15-4-2-1-3-5-15)29-25(34)23-19-10-16(19)13-32(23)21(33)11-17-12-27-31-30-17/h1-5,8-9,12,14,16,19,22-23,27,30-31H,6-7,10-11,13H2,(H,29,34)/t16-,19?,22-,23-/m0/s1. The number of carbonyl (C=O) groups is 2. The molecule has 8 nitrogen and oxygen atoms in total. The first-order valence-electron chi connectivity index (χ1n) is 11.8. The number of likely N-dealkylation sites (tertiary alicyclic amines) is 1. The molecule has 3 fully saturated rings. The quantitative estimate of drug-likeness (QED) is 0.470. The van der Waals surface area contributed by atoms with E-state index in [1.54, 1.807) is 17.2 Å². The number of hydrazine groups is 2. The number of nitrogens with zero attached hydrogens (tertiary/aromatic N) is 2. The van der Waals surface area contributed by atoms with Gasteiger partial charge in [0.05, 0.1) is 23.9 Å². The van der Waals surface area contributed by atoms with Crippen molar-refractivity contribution in [3.63, 3.8) is 0 Å². The lowest BCUT2D eigenvalue weighted by molar-refractivity contribution is -0.139. The Kier molecular flexibility index (Phi) is 5.21. The van der Waals surface area contributed by atoms with Crippen LogP contribution in [0.1, 0.15) is 54.5 Å². The van der Waals surface area contributed by atoms with Crippen LogP contribution in [-0.2, 0) is 9.59 Å². The molecule has 176 valence electrons. The van der Waals surface area contributed by atoms with E-state index < -0.39 is 18.0 Å². The van der Waals surface area contributed by atoms with Crippen LogP contribution in [0.25, 0.3) is 0 Å². The molecule has 6 rings (SSSR count). The fraction of sp³-hybridized carbons (Fsp3) is 0.400. The summed E-state index contributed by atoms with van der Waals surface area (Å²) in [7, 11) is 0. The second-order valence-corrected chi connectivity index (χ2v) is 9.63. The van der Waals surface area contributed by atoms with Gasteiger partial charge in [0.2, 0.25) is 17.8 Å². The molecule has 3 heterocycles. The summed E-state index contributed by atoms with van der Waals surface area (Å²) in [5, 5.41) is 3.10. The SMILES string of the molecule is O=C(N[C@@H](c1ccccc1)c1ccc(C2CC2)c(F)n1)[C@@H]1C2C[C@H]2CN1C(=O)CC1=CNNN1. The lowest BCUT2D eigenvalue weighted by Gasteiger charge is -2.29. The summed E-state index contributed by atoms with van der Waals surface area (Å²) in [5.74, 6) is 0.0194. The number of hydrogen-bond donors (Lipinski definition) is 4. The Labute approximate surface area is 196 Å². The number of amides is 2. The van der Waals surface area contributed by atoms with Gasteiger partial charge in [0.1, 0.15) is 6.04 Å². The molecule has 2 amide bonds. The topological polar surface area (TPSA) is 98.4 Å². The van der Waals surface area contributed by atoms with Crippen LogP contribution in [-0.4, -0.2) is 34.3 Å². The second-order valence-electron chi connectivity index (χ2n) is 9.63. The lowest BCUT2D eigenvalue weighted by Crippen LogP contribution is -2.49. The van der Waals surface area contributed by atoms with Crippen LogP contribution in [0.4, 0.5) is 4.39 Å². The maximum absolute atomic E-state index is 14.8. The summed E-state index contributed by atoms with van der Waals surface area (Å²) in [6, 6.07) is 11.9. The molecular formula is C25H27FN6O2. The van der Waals surface area contributed by atoms with E-state index in [-0.39, 0.29) is 30.1 Å². The van der Waals surface area contributed by atoms with Gasteiger partial charge in [0.15, 0.2) is 0 Å². The number of nitrogens with one attached hydrogen (secondary N) is 4. The van der Waals surface area contributed by atoms with Crippen LogP contribution in [0, 0.1) is 17.8 Å². The van der Waals surface area contributed by atoms with E-state index in [1.807, 2.05) is 36.4 Å². The van der Waals surface area contributed by atoms with E-state index in [9.17, 15) is 14.0 Å². The highest BCUT2D eigenvalue weighted by atomic mass is 19.1. The zero-order chi connectivity index (χ0) is 23.2. The van der Waals surface area contributed by atoms with Crippen molar-refractivity contribution in [1.82, 2.24) is 31.6 Å². The van der Waals surface area contributed by atoms with Crippen molar-refractivity contribution in [1.29, 1.82) is 0 Å². The fourth-order valence-electron chi connectivity index (χ4n) is 5.21. The van der Waals surface area contributed by atoms with E-state index in [2.05, 4.69) is 26.7 Å². The Hall–Kier alpha value is -3.46. The van der Waals surface area contributed by atoms with Crippen LogP contribution in [0.15, 0.2) is 54.4 Å². The van der Waals surface area contributed by atoms with Gasteiger partial charge in [-0.15, -0.1) is 0 Å². The molecule has 1 saturated heterocycles. The summed E-state index contributed by atoms with van der Waals surface area (Å²) in [4.78, 5) is 32.5. The Morgan fingerprint density at radius 3 is 2.71 bits per heavy atom. The third-order valence-electron chi connectivity index (χ3n) is 7.25. The normalized spacial score (nSPS) is 25.6. The number of hydrogen-bond acceptors (Lipinski definition) is 6. The van der Waals surface area contributed by atoms with Gasteiger partial charge in [-0.1, -0.05) is 36.4 Å². The number of aromatic nitrogens is 1. The highest BCUT2D eigenvalue weighted by Gasteiger charge is 2.57. The minimum absolute atomic E-state index is 0.0918. The number of rotatable bonds is 7. The van der Waals surface area contributed by atoms with Gasteiger partial charge in [-0.05, 0) is 48.6 Å². The molecule has 2 saturated carbocycles. The molecular weight excluding hydrogens is 435 g/mol. The van der Waals surface area contributed by atoms with Gasteiger partial charge in [-0.3, -0.25) is 9.59 Å². The van der Waals surface area contributed by atoms with Crippen molar-refractivity contribution in [3.05, 3.63) is 77.1 Å². The van der Waals surface area contributed by atoms with E-state index in [1.165, 1.54) is 0 Å². The zero-order valence-corrected chi connectivity index (χ0v) is 18.6. The van der Waals surface area contributed by atoms with Crippen LogP contribution in [0.5, 0.6) is 0 Å². The van der Waals surface area contributed by atoms with Gasteiger partial charge >= 0.3 is 0 Å². The second kappa shape index (κ2) is 8.39. The number of pyridine rings is 1. The van der Waals surface area contributed by atoms with Crippen LogP contribution in [0.3, 0.4) is 0 Å². The number of carbonyl (C=O) groups excluding carboxylic acids is 2. The molecule has 2 aliphatic carbocycles. The number of halogens is 1. The maximum Gasteiger partial charge on any atom is 0.243 e. The zero-order valence-electron chi connectivity index (χ0n) is 18.6. The minimum Gasteiger partial charge on any atom is -0.342 e. The number of piperidine rings is 1. The predicted molar refractivity (Wildman–Crippen MR) is 122 cm³/mol. The van der Waals surface area contributed by atoms with Crippen molar-refractivity contribution < 1.29 is 14.0 Å². The van der Waals surface area contributed by atoms with Gasteiger partial charge in [0, 0.05) is 18.3 Å². The lowest BCUT2D eigenvalue weighted by atomic mass is 10.0. The van der Waals surface area contributed by atoms with Gasteiger partial charge < -0.3 is 21.1 Å². The highest BCUT2D eigenvalue weighted by molar-refractivity contribution is 5.90. The van der Waals surface area contributed by atoms with Crippen molar-refractivity contribution in [2.45, 2.75) is 43.7 Å². The average molecular weight is 463 g/mol. The maximum atomic E-state index is 14.8. The summed E-state index contributed by atoms with van der Waals surface area (Å²) in [6.45, 7) is 0.592. The van der Waals surface area contributed by atoms with Crippen LogP contribution in [0.2, 0.25) is 0 Å². The summed E-state index contributed by atoms with van der Waals surface area (Å²) >= 11 is 0. The molecule has 0 spiro atoms. The summed E-state index contributed by atoms with van der Waals surface area (Å²) in [5.41, 5.74) is 11.0. The first kappa shape index (κ1) is 21.1. The molecule has 1 unspecified atom stereocenters. The molecule has 4 atom stereocenters. The van der Waals surface area contributed by atoms with Crippen molar-refractivity contribution >= 4 is 11.8 Å². The minimum atomic E-state index is -0.598. The van der Waals surface area contributed by atoms with Crippen molar-refractivity contribution in [3.8, 4) is 0 Å². The molecule has 4 aliphatic rings. The van der Waals surface area contributed by atoms with Crippen molar-refractivity contribution in [2.24, 2.45) is 11.8 Å². The molecule has 0 radical (unpaired) electrons. The van der Waals surface area contributed by atoms with E-state index in [0.717, 1.165) is 30.5 Å². The largest absolute Gasteiger partial charge is 0.342 e. The third-order valence-corrected chi connectivity index (χ3v) is 7.25. The van der Waals surface area contributed by atoms with E-state index >= 15 is 0 Å². The van der Waals surface area contributed by atoms with Gasteiger partial charge in [-0.25, -0.2) is 4.98 Å². The predicted octanol–water partition coefficient (Wildman–Crippen LogP) is 1.99.